The Labute approximate surface area is 113 Å². The molecule has 5 heteroatoms. The van der Waals surface area contributed by atoms with Crippen LogP contribution in [0.4, 0.5) is 5.82 Å². The van der Waals surface area contributed by atoms with Gasteiger partial charge < -0.3 is 15.4 Å². The molecule has 1 unspecified atom stereocenters. The SMILES string of the molecule is COC(=O)C(N)Cc1ccc(N2CCCCC2)nc1. The zero-order chi connectivity index (χ0) is 13.7. The van der Waals surface area contributed by atoms with E-state index in [2.05, 4.69) is 14.6 Å². The monoisotopic (exact) mass is 263 g/mol. The maximum Gasteiger partial charge on any atom is 0.322 e. The Hall–Kier alpha value is -1.62. The quantitative estimate of drug-likeness (QED) is 0.824. The van der Waals surface area contributed by atoms with Crippen LogP contribution in [0.3, 0.4) is 0 Å². The first-order valence-electron chi connectivity index (χ1n) is 6.74. The van der Waals surface area contributed by atoms with E-state index in [1.165, 1.54) is 26.4 Å². The van der Waals surface area contributed by atoms with Crippen molar-refractivity contribution in [2.75, 3.05) is 25.1 Å². The molecule has 0 amide bonds. The topological polar surface area (TPSA) is 68.5 Å². The van der Waals surface area contributed by atoms with Gasteiger partial charge in [-0.25, -0.2) is 4.98 Å². The predicted molar refractivity (Wildman–Crippen MR) is 74.0 cm³/mol. The fourth-order valence-electron chi connectivity index (χ4n) is 2.34. The standard InChI is InChI=1S/C14H21N3O2/c1-19-14(18)12(15)9-11-5-6-13(16-10-11)17-7-3-2-4-8-17/h5-6,10,12H,2-4,7-9,15H2,1H3. The molecular weight excluding hydrogens is 242 g/mol. The second-order valence-electron chi connectivity index (χ2n) is 4.91. The fraction of sp³-hybridized carbons (Fsp3) is 0.571. The van der Waals surface area contributed by atoms with Gasteiger partial charge in [-0.1, -0.05) is 6.07 Å². The molecule has 0 aliphatic carbocycles. The van der Waals surface area contributed by atoms with Crippen LogP contribution in [-0.2, 0) is 16.0 Å². The molecule has 2 rings (SSSR count). The first-order chi connectivity index (χ1) is 9.20. The van der Waals surface area contributed by atoms with Crippen molar-refractivity contribution < 1.29 is 9.53 Å². The third-order valence-corrected chi connectivity index (χ3v) is 3.45. The van der Waals surface area contributed by atoms with Gasteiger partial charge in [0.1, 0.15) is 11.9 Å². The van der Waals surface area contributed by atoms with Crippen molar-refractivity contribution >= 4 is 11.8 Å². The van der Waals surface area contributed by atoms with E-state index < -0.39 is 6.04 Å². The molecule has 0 saturated carbocycles. The minimum absolute atomic E-state index is 0.389. The summed E-state index contributed by atoms with van der Waals surface area (Å²) in [7, 11) is 1.35. The van der Waals surface area contributed by atoms with Gasteiger partial charge in [-0.05, 0) is 37.3 Å². The Morgan fingerprint density at radius 2 is 2.16 bits per heavy atom. The maximum atomic E-state index is 11.3. The molecule has 0 aromatic carbocycles. The molecule has 1 aliphatic heterocycles. The van der Waals surface area contributed by atoms with E-state index in [0.29, 0.717) is 6.42 Å². The number of hydrogen-bond donors (Lipinski definition) is 1. The van der Waals surface area contributed by atoms with E-state index in [1.807, 2.05) is 12.1 Å². The first-order valence-corrected chi connectivity index (χ1v) is 6.74. The summed E-state index contributed by atoms with van der Waals surface area (Å²) in [6.07, 6.45) is 6.03. The number of hydrogen-bond acceptors (Lipinski definition) is 5. The summed E-state index contributed by atoms with van der Waals surface area (Å²) in [5.74, 6) is 0.621. The van der Waals surface area contributed by atoms with Crippen LogP contribution in [0, 0.1) is 0 Å². The van der Waals surface area contributed by atoms with Gasteiger partial charge in [-0.2, -0.15) is 0 Å². The number of nitrogens with zero attached hydrogens (tertiary/aromatic N) is 2. The number of ether oxygens (including phenoxy) is 1. The van der Waals surface area contributed by atoms with Gasteiger partial charge in [-0.15, -0.1) is 0 Å². The van der Waals surface area contributed by atoms with E-state index in [4.69, 9.17) is 5.73 Å². The number of pyridine rings is 1. The summed E-state index contributed by atoms with van der Waals surface area (Å²) in [6, 6.07) is 3.37. The number of esters is 1. The van der Waals surface area contributed by atoms with Crippen LogP contribution < -0.4 is 10.6 Å². The molecule has 19 heavy (non-hydrogen) atoms. The summed E-state index contributed by atoms with van der Waals surface area (Å²) >= 11 is 0. The van der Waals surface area contributed by atoms with Gasteiger partial charge in [0, 0.05) is 19.3 Å². The lowest BCUT2D eigenvalue weighted by molar-refractivity contribution is -0.142. The van der Waals surface area contributed by atoms with Crippen LogP contribution in [0.5, 0.6) is 0 Å². The van der Waals surface area contributed by atoms with Crippen LogP contribution in [0.25, 0.3) is 0 Å². The van der Waals surface area contributed by atoms with Crippen LogP contribution >= 0.6 is 0 Å². The van der Waals surface area contributed by atoms with Crippen molar-refractivity contribution in [1.82, 2.24) is 4.98 Å². The van der Waals surface area contributed by atoms with Gasteiger partial charge in [0.25, 0.3) is 0 Å². The highest BCUT2D eigenvalue weighted by Crippen LogP contribution is 2.17. The van der Waals surface area contributed by atoms with Crippen molar-refractivity contribution in [3.63, 3.8) is 0 Å². The number of carbonyl (C=O) groups is 1. The highest BCUT2D eigenvalue weighted by atomic mass is 16.5. The number of aromatic nitrogens is 1. The molecule has 1 aromatic heterocycles. The van der Waals surface area contributed by atoms with Crippen LogP contribution in [0.1, 0.15) is 24.8 Å². The molecule has 0 spiro atoms. The fourth-order valence-corrected chi connectivity index (χ4v) is 2.34. The zero-order valence-corrected chi connectivity index (χ0v) is 11.3. The molecule has 1 fully saturated rings. The number of rotatable bonds is 4. The third-order valence-electron chi connectivity index (χ3n) is 3.45. The average molecular weight is 263 g/mol. The molecule has 5 nitrogen and oxygen atoms in total. The van der Waals surface area contributed by atoms with Gasteiger partial charge in [-0.3, -0.25) is 4.79 Å². The van der Waals surface area contributed by atoms with Gasteiger partial charge in [0.2, 0.25) is 0 Å². The van der Waals surface area contributed by atoms with E-state index in [0.717, 1.165) is 24.5 Å². The molecule has 0 bridgehead atoms. The molecule has 2 N–H and O–H groups in total. The van der Waals surface area contributed by atoms with Crippen LogP contribution in [-0.4, -0.2) is 37.2 Å². The Morgan fingerprint density at radius 1 is 1.42 bits per heavy atom. The van der Waals surface area contributed by atoms with Crippen molar-refractivity contribution in [3.8, 4) is 0 Å². The van der Waals surface area contributed by atoms with Crippen molar-refractivity contribution in [2.24, 2.45) is 5.73 Å². The smallest absolute Gasteiger partial charge is 0.322 e. The zero-order valence-electron chi connectivity index (χ0n) is 11.3. The van der Waals surface area contributed by atoms with Gasteiger partial charge in [0.05, 0.1) is 7.11 Å². The van der Waals surface area contributed by atoms with Crippen LogP contribution in [0.15, 0.2) is 18.3 Å². The summed E-state index contributed by atoms with van der Waals surface area (Å²) in [5, 5.41) is 0. The summed E-state index contributed by atoms with van der Waals surface area (Å²) in [5.41, 5.74) is 6.68. The molecular formula is C14H21N3O2. The lowest BCUT2D eigenvalue weighted by Gasteiger charge is -2.27. The second-order valence-corrected chi connectivity index (χ2v) is 4.91. The summed E-state index contributed by atoms with van der Waals surface area (Å²) < 4.78 is 4.61. The lowest BCUT2D eigenvalue weighted by Crippen LogP contribution is -2.33. The molecule has 2 heterocycles. The van der Waals surface area contributed by atoms with Gasteiger partial charge in [0.15, 0.2) is 0 Å². The van der Waals surface area contributed by atoms with Crippen LogP contribution in [0.2, 0.25) is 0 Å². The largest absolute Gasteiger partial charge is 0.468 e. The number of methoxy groups -OCH3 is 1. The molecule has 1 aliphatic rings. The van der Waals surface area contributed by atoms with Crippen molar-refractivity contribution in [3.05, 3.63) is 23.9 Å². The first kappa shape index (κ1) is 13.8. The van der Waals surface area contributed by atoms with Crippen molar-refractivity contribution in [2.45, 2.75) is 31.7 Å². The number of carbonyl (C=O) groups excluding carboxylic acids is 1. The number of nitrogens with two attached hydrogens (primary N) is 1. The molecule has 0 radical (unpaired) electrons. The van der Waals surface area contributed by atoms with E-state index in [-0.39, 0.29) is 5.97 Å². The Kier molecular flexibility index (Phi) is 4.74. The average Bonchev–Trinajstić information content (AvgIpc) is 2.48. The minimum Gasteiger partial charge on any atom is -0.468 e. The Balaban J connectivity index is 1.96. The molecule has 1 aromatic rings. The van der Waals surface area contributed by atoms with E-state index >= 15 is 0 Å². The normalized spacial score (nSPS) is 17.1. The summed E-state index contributed by atoms with van der Waals surface area (Å²) in [6.45, 7) is 2.15. The third kappa shape index (κ3) is 3.67. The molecule has 1 saturated heterocycles. The maximum absolute atomic E-state index is 11.3. The molecule has 1 atom stereocenters. The highest BCUT2D eigenvalue weighted by Gasteiger charge is 2.15. The predicted octanol–water partition coefficient (Wildman–Crippen LogP) is 1.11. The number of anilines is 1. The highest BCUT2D eigenvalue weighted by molar-refractivity contribution is 5.75. The van der Waals surface area contributed by atoms with Crippen molar-refractivity contribution in [1.29, 1.82) is 0 Å². The lowest BCUT2D eigenvalue weighted by atomic mass is 10.1. The van der Waals surface area contributed by atoms with E-state index in [1.54, 1.807) is 6.20 Å². The Bertz CT molecular complexity index is 413. The van der Waals surface area contributed by atoms with Gasteiger partial charge >= 0.3 is 5.97 Å². The molecule has 104 valence electrons. The second kappa shape index (κ2) is 6.52. The minimum atomic E-state index is -0.618. The Morgan fingerprint density at radius 3 is 2.74 bits per heavy atom. The number of piperidine rings is 1. The summed E-state index contributed by atoms with van der Waals surface area (Å²) in [4.78, 5) is 18.0. The van der Waals surface area contributed by atoms with E-state index in [9.17, 15) is 4.79 Å².